The lowest BCUT2D eigenvalue weighted by molar-refractivity contribution is -0.145. The summed E-state index contributed by atoms with van der Waals surface area (Å²) in [5.74, 6) is -0.556. The number of carbonyl (C=O) groups excluding carboxylic acids is 1. The number of hydrogen-bond donors (Lipinski definition) is 2. The third-order valence-electron chi connectivity index (χ3n) is 0.786. The zero-order valence-corrected chi connectivity index (χ0v) is 5.83. The van der Waals surface area contributed by atoms with Crippen LogP contribution in [0.15, 0.2) is 0 Å². The number of rotatable bonds is 3. The molecule has 1 atom stereocenters. The van der Waals surface area contributed by atoms with Crippen molar-refractivity contribution in [2.24, 2.45) is 5.73 Å². The van der Waals surface area contributed by atoms with E-state index in [0.717, 1.165) is 0 Å². The average Bonchev–Trinajstić information content (AvgIpc) is 1.87. The van der Waals surface area contributed by atoms with Gasteiger partial charge in [0.1, 0.15) is 6.04 Å². The largest absolute Gasteiger partial charge is 0.465 e. The van der Waals surface area contributed by atoms with Crippen molar-refractivity contribution in [3.05, 3.63) is 0 Å². The number of carbonyl (C=O) groups is 1. The summed E-state index contributed by atoms with van der Waals surface area (Å²) >= 11 is 0. The lowest BCUT2D eigenvalue weighted by Crippen LogP contribution is -2.35. The highest BCUT2D eigenvalue weighted by molar-refractivity contribution is 5.75. The number of nitrogens with two attached hydrogens (primary N) is 1. The highest BCUT2D eigenvalue weighted by Gasteiger charge is 2.11. The Morgan fingerprint density at radius 1 is 1.80 bits per heavy atom. The van der Waals surface area contributed by atoms with Gasteiger partial charge in [-0.05, 0) is 6.92 Å². The van der Waals surface area contributed by atoms with Crippen LogP contribution in [0, 0.1) is 0 Å². The monoisotopic (exact) mass is 151 g/mol. The first-order valence-corrected chi connectivity index (χ1v) is 2.75. The highest BCUT2D eigenvalue weighted by Crippen LogP contribution is 1.82. The molecule has 0 aliphatic rings. The van der Waals surface area contributed by atoms with Gasteiger partial charge in [-0.2, -0.15) is 0 Å². The van der Waals surface area contributed by atoms with E-state index in [0.29, 0.717) is 6.61 Å². The summed E-state index contributed by atoms with van der Waals surface area (Å²) in [5, 5.41) is 8.31. The first kappa shape index (κ1) is 12.1. The summed E-state index contributed by atoms with van der Waals surface area (Å²) in [5.41, 5.74) is 5.08. The SMILES string of the molecule is CCOC(=O)C(N)CO.O. The summed E-state index contributed by atoms with van der Waals surface area (Å²) < 4.78 is 4.47. The molecule has 0 aromatic carbocycles. The summed E-state index contributed by atoms with van der Waals surface area (Å²) in [4.78, 5) is 10.5. The van der Waals surface area contributed by atoms with Crippen molar-refractivity contribution >= 4 is 5.97 Å². The maximum absolute atomic E-state index is 10.5. The molecule has 0 saturated carbocycles. The topological polar surface area (TPSA) is 104 Å². The Balaban J connectivity index is 0. The molecule has 5 N–H and O–H groups in total. The van der Waals surface area contributed by atoms with Gasteiger partial charge in [-0.15, -0.1) is 0 Å². The van der Waals surface area contributed by atoms with Crippen LogP contribution < -0.4 is 5.73 Å². The molecule has 0 radical (unpaired) electrons. The van der Waals surface area contributed by atoms with E-state index in [4.69, 9.17) is 10.8 Å². The van der Waals surface area contributed by atoms with Crippen molar-refractivity contribution in [3.63, 3.8) is 0 Å². The van der Waals surface area contributed by atoms with Gasteiger partial charge in [0, 0.05) is 0 Å². The second-order valence-electron chi connectivity index (χ2n) is 1.54. The van der Waals surface area contributed by atoms with E-state index < -0.39 is 12.0 Å². The fraction of sp³-hybridized carbons (Fsp3) is 0.800. The van der Waals surface area contributed by atoms with E-state index in [9.17, 15) is 4.79 Å². The van der Waals surface area contributed by atoms with Gasteiger partial charge in [-0.1, -0.05) is 0 Å². The molecule has 0 aromatic heterocycles. The summed E-state index contributed by atoms with van der Waals surface area (Å²) in [6.07, 6.45) is 0. The minimum Gasteiger partial charge on any atom is -0.465 e. The summed E-state index contributed by atoms with van der Waals surface area (Å²) in [7, 11) is 0. The number of hydrogen-bond acceptors (Lipinski definition) is 4. The van der Waals surface area contributed by atoms with Gasteiger partial charge >= 0.3 is 5.97 Å². The Hall–Kier alpha value is -0.650. The third kappa shape index (κ3) is 4.25. The van der Waals surface area contributed by atoms with Crippen LogP contribution in [0.3, 0.4) is 0 Å². The lowest BCUT2D eigenvalue weighted by Gasteiger charge is -2.05. The standard InChI is InChI=1S/C5H11NO3.H2O/c1-2-9-5(8)4(6)3-7;/h4,7H,2-3,6H2,1H3;1H2. The van der Waals surface area contributed by atoms with Crippen LogP contribution in [0.25, 0.3) is 0 Å². The second kappa shape index (κ2) is 6.47. The van der Waals surface area contributed by atoms with Crippen molar-refractivity contribution in [2.75, 3.05) is 13.2 Å². The van der Waals surface area contributed by atoms with Crippen molar-refractivity contribution < 1.29 is 20.1 Å². The Labute approximate surface area is 59.1 Å². The molecule has 0 heterocycles. The van der Waals surface area contributed by atoms with Crippen LogP contribution in [0.5, 0.6) is 0 Å². The molecule has 0 aliphatic heterocycles. The lowest BCUT2D eigenvalue weighted by atomic mass is 10.3. The molecule has 0 spiro atoms. The van der Waals surface area contributed by atoms with E-state index in [1.165, 1.54) is 0 Å². The van der Waals surface area contributed by atoms with Gasteiger partial charge in [0.25, 0.3) is 0 Å². The van der Waals surface area contributed by atoms with Gasteiger partial charge in [0.05, 0.1) is 13.2 Å². The molecular formula is C5H13NO4. The summed E-state index contributed by atoms with van der Waals surface area (Å²) in [6, 6.07) is -0.884. The minimum atomic E-state index is -0.884. The molecule has 0 fully saturated rings. The summed E-state index contributed by atoms with van der Waals surface area (Å²) in [6.45, 7) is 1.62. The quantitative estimate of drug-likeness (QED) is 0.457. The predicted octanol–water partition coefficient (Wildman–Crippen LogP) is -1.96. The van der Waals surface area contributed by atoms with Crippen LogP contribution >= 0.6 is 0 Å². The minimum absolute atomic E-state index is 0. The average molecular weight is 151 g/mol. The Morgan fingerprint density at radius 2 is 2.30 bits per heavy atom. The molecule has 10 heavy (non-hydrogen) atoms. The Kier molecular flexibility index (Phi) is 7.81. The maximum atomic E-state index is 10.5. The molecule has 0 aromatic rings. The highest BCUT2D eigenvalue weighted by atomic mass is 16.5. The number of ether oxygens (including phenoxy) is 1. The molecule has 0 rings (SSSR count). The first-order valence-electron chi connectivity index (χ1n) is 2.75. The molecule has 5 heteroatoms. The van der Waals surface area contributed by atoms with E-state index in [1.807, 2.05) is 0 Å². The van der Waals surface area contributed by atoms with Crippen LogP contribution in [-0.2, 0) is 9.53 Å². The van der Waals surface area contributed by atoms with Crippen molar-refractivity contribution in [1.29, 1.82) is 0 Å². The first-order chi connectivity index (χ1) is 4.22. The van der Waals surface area contributed by atoms with Crippen molar-refractivity contribution in [2.45, 2.75) is 13.0 Å². The van der Waals surface area contributed by atoms with Gasteiger partial charge in [0.2, 0.25) is 0 Å². The number of aliphatic hydroxyl groups excluding tert-OH is 1. The van der Waals surface area contributed by atoms with E-state index in [2.05, 4.69) is 4.74 Å². The molecule has 1 unspecified atom stereocenters. The van der Waals surface area contributed by atoms with E-state index >= 15 is 0 Å². The predicted molar refractivity (Wildman–Crippen MR) is 35.3 cm³/mol. The molecule has 0 saturated heterocycles. The van der Waals surface area contributed by atoms with Crippen molar-refractivity contribution in [3.8, 4) is 0 Å². The molecule has 0 amide bonds. The van der Waals surface area contributed by atoms with Gasteiger partial charge in [-0.25, -0.2) is 0 Å². The van der Waals surface area contributed by atoms with Crippen molar-refractivity contribution in [1.82, 2.24) is 0 Å². The molecule has 62 valence electrons. The van der Waals surface area contributed by atoms with Crippen LogP contribution in [0.4, 0.5) is 0 Å². The normalized spacial score (nSPS) is 11.5. The van der Waals surface area contributed by atoms with Crippen LogP contribution in [0.1, 0.15) is 6.92 Å². The van der Waals surface area contributed by atoms with Crippen LogP contribution in [-0.4, -0.2) is 35.8 Å². The zero-order chi connectivity index (χ0) is 7.28. The molecule has 0 aliphatic carbocycles. The molecule has 5 nitrogen and oxygen atoms in total. The number of aliphatic hydroxyl groups is 1. The Morgan fingerprint density at radius 3 is 2.60 bits per heavy atom. The fourth-order valence-corrected chi connectivity index (χ4v) is 0.324. The van der Waals surface area contributed by atoms with Crippen LogP contribution in [0.2, 0.25) is 0 Å². The van der Waals surface area contributed by atoms with Gasteiger partial charge < -0.3 is 21.1 Å². The molecular weight excluding hydrogens is 138 g/mol. The van der Waals surface area contributed by atoms with E-state index in [1.54, 1.807) is 6.92 Å². The second-order valence-corrected chi connectivity index (χ2v) is 1.54. The van der Waals surface area contributed by atoms with Gasteiger partial charge in [-0.3, -0.25) is 4.79 Å². The fourth-order valence-electron chi connectivity index (χ4n) is 0.324. The van der Waals surface area contributed by atoms with Gasteiger partial charge in [0.15, 0.2) is 0 Å². The number of esters is 1. The zero-order valence-electron chi connectivity index (χ0n) is 5.83. The smallest absolute Gasteiger partial charge is 0.325 e. The molecule has 0 bridgehead atoms. The van der Waals surface area contributed by atoms with E-state index in [-0.39, 0.29) is 12.1 Å². The Bertz CT molecular complexity index is 95.6. The third-order valence-corrected chi connectivity index (χ3v) is 0.786. The maximum Gasteiger partial charge on any atom is 0.325 e.